The Morgan fingerprint density at radius 3 is 1.44 bits per heavy atom. The summed E-state index contributed by atoms with van der Waals surface area (Å²) in [6, 6.07) is 62.2. The normalized spacial score (nSPS) is 13.7. The first-order valence-electron chi connectivity index (χ1n) is 19.7. The zero-order chi connectivity index (χ0) is 37.2. The third-order valence-electron chi connectivity index (χ3n) is 12.7. The van der Waals surface area contributed by atoms with E-state index in [1.165, 1.54) is 115 Å². The molecule has 10 aromatic rings. The Kier molecular flexibility index (Phi) is 6.67. The van der Waals surface area contributed by atoms with Crippen molar-refractivity contribution in [3.8, 4) is 44.5 Å². The number of fused-ring (bicyclic) bond motifs is 5. The van der Waals surface area contributed by atoms with Crippen LogP contribution < -0.4 is 0 Å². The molecular weight excluding hydrogens is 661 g/mol. The van der Waals surface area contributed by atoms with Gasteiger partial charge in [-0.1, -0.05) is 168 Å². The van der Waals surface area contributed by atoms with Crippen LogP contribution in [0.25, 0.3) is 98.4 Å². The van der Waals surface area contributed by atoms with E-state index in [1.807, 2.05) is 0 Å². The Balaban J connectivity index is 0.919. The smallest absolute Gasteiger partial charge is 0.0159 e. The van der Waals surface area contributed by atoms with Gasteiger partial charge in [0.05, 0.1) is 0 Å². The van der Waals surface area contributed by atoms with E-state index in [4.69, 9.17) is 0 Å². The molecule has 0 nitrogen and oxygen atoms in total. The van der Waals surface area contributed by atoms with Crippen LogP contribution in [0.4, 0.5) is 0 Å². The highest BCUT2D eigenvalue weighted by molar-refractivity contribution is 6.25. The first-order valence-corrected chi connectivity index (χ1v) is 19.7. The van der Waals surface area contributed by atoms with E-state index < -0.39 is 0 Å². The Morgan fingerprint density at radius 1 is 0.345 bits per heavy atom. The van der Waals surface area contributed by atoms with E-state index in [-0.39, 0.29) is 10.8 Å². The lowest BCUT2D eigenvalue weighted by molar-refractivity contribution is 0.591. The van der Waals surface area contributed by atoms with E-state index in [0.29, 0.717) is 0 Å². The van der Waals surface area contributed by atoms with Crippen molar-refractivity contribution >= 4 is 53.9 Å². The van der Waals surface area contributed by atoms with Crippen LogP contribution in [-0.2, 0) is 10.8 Å². The van der Waals surface area contributed by atoms with Gasteiger partial charge >= 0.3 is 0 Å². The SMILES string of the molecule is CC(C)(C)c1cc2ccc3ccc(-c4ccc5cc(-c6ccc7cc(-c8ccc9c(c8)C(C)(C)c8ccccc8-9)ccc7c6)ccc5c4)c4ccc(c1)c2c34. The van der Waals surface area contributed by atoms with Gasteiger partial charge in [-0.05, 0) is 151 Å². The molecular formula is C55H42. The average Bonchev–Trinajstić information content (AvgIpc) is 3.44. The fourth-order valence-electron chi connectivity index (χ4n) is 9.59. The summed E-state index contributed by atoms with van der Waals surface area (Å²) in [5.41, 5.74) is 14.6. The molecule has 0 heteroatoms. The highest BCUT2D eigenvalue weighted by Crippen LogP contribution is 2.50. The number of hydrogen-bond acceptors (Lipinski definition) is 0. The summed E-state index contributed by atoms with van der Waals surface area (Å²) >= 11 is 0. The summed E-state index contributed by atoms with van der Waals surface area (Å²) in [4.78, 5) is 0. The van der Waals surface area contributed by atoms with Crippen LogP contribution >= 0.6 is 0 Å². The number of benzene rings is 10. The van der Waals surface area contributed by atoms with E-state index in [9.17, 15) is 0 Å². The molecule has 0 amide bonds. The fraction of sp³-hybridized carbons (Fsp3) is 0.127. The second kappa shape index (κ2) is 11.4. The van der Waals surface area contributed by atoms with Crippen molar-refractivity contribution in [2.24, 2.45) is 0 Å². The standard InChI is InChI=1S/C55H42/c1-54(2,3)45-30-43-19-10-33-20-23-46(49-25-22-44(31-45)52(43)53(33)49)42-18-17-38-27-36(14-16-40(38)29-42)34-11-12-37-28-39(15-13-35(37)26-34)41-21-24-48-47-8-6-7-9-50(47)55(4,5)51(48)32-41/h6-32H,1-5H3. The molecule has 1 aliphatic carbocycles. The molecule has 0 N–H and O–H groups in total. The van der Waals surface area contributed by atoms with Gasteiger partial charge in [-0.3, -0.25) is 0 Å². The summed E-state index contributed by atoms with van der Waals surface area (Å²) in [7, 11) is 0. The van der Waals surface area contributed by atoms with E-state index in [2.05, 4.69) is 198 Å². The van der Waals surface area contributed by atoms with Gasteiger partial charge < -0.3 is 0 Å². The van der Waals surface area contributed by atoms with E-state index >= 15 is 0 Å². The minimum Gasteiger partial charge on any atom is -0.0619 e. The second-order valence-electron chi connectivity index (χ2n) is 17.4. The van der Waals surface area contributed by atoms with Crippen molar-refractivity contribution in [1.82, 2.24) is 0 Å². The zero-order valence-electron chi connectivity index (χ0n) is 32.1. The molecule has 0 radical (unpaired) electrons. The maximum absolute atomic E-state index is 2.41. The molecule has 0 atom stereocenters. The number of hydrogen-bond donors (Lipinski definition) is 0. The molecule has 0 bridgehead atoms. The average molecular weight is 703 g/mol. The van der Waals surface area contributed by atoms with Crippen molar-refractivity contribution in [3.05, 3.63) is 180 Å². The van der Waals surface area contributed by atoms with Crippen LogP contribution in [0.2, 0.25) is 0 Å². The van der Waals surface area contributed by atoms with Crippen LogP contribution in [0.3, 0.4) is 0 Å². The Hall–Kier alpha value is -6.24. The largest absolute Gasteiger partial charge is 0.0619 e. The molecule has 11 rings (SSSR count). The van der Waals surface area contributed by atoms with E-state index in [0.717, 1.165) is 0 Å². The summed E-state index contributed by atoms with van der Waals surface area (Å²) in [6.07, 6.45) is 0. The first kappa shape index (κ1) is 32.2. The maximum atomic E-state index is 2.41. The molecule has 0 saturated heterocycles. The van der Waals surface area contributed by atoms with Gasteiger partial charge in [-0.15, -0.1) is 0 Å². The lowest BCUT2D eigenvalue weighted by Crippen LogP contribution is -2.14. The molecule has 0 aliphatic heterocycles. The molecule has 262 valence electrons. The van der Waals surface area contributed by atoms with Crippen LogP contribution in [0, 0.1) is 0 Å². The van der Waals surface area contributed by atoms with Crippen molar-refractivity contribution in [2.75, 3.05) is 0 Å². The summed E-state index contributed by atoms with van der Waals surface area (Å²) in [5, 5.41) is 13.1. The molecule has 55 heavy (non-hydrogen) atoms. The predicted octanol–water partition coefficient (Wildman–Crippen LogP) is 15.5. The Bertz CT molecular complexity index is 3180. The Morgan fingerprint density at radius 2 is 0.800 bits per heavy atom. The maximum Gasteiger partial charge on any atom is 0.0159 e. The number of rotatable bonds is 3. The topological polar surface area (TPSA) is 0 Å². The lowest BCUT2D eigenvalue weighted by atomic mass is 9.81. The van der Waals surface area contributed by atoms with Crippen LogP contribution in [0.1, 0.15) is 51.3 Å². The first-order chi connectivity index (χ1) is 26.6. The highest BCUT2D eigenvalue weighted by atomic mass is 14.4. The molecule has 0 aromatic heterocycles. The van der Waals surface area contributed by atoms with Gasteiger partial charge in [0.15, 0.2) is 0 Å². The summed E-state index contributed by atoms with van der Waals surface area (Å²) in [6.45, 7) is 11.6. The summed E-state index contributed by atoms with van der Waals surface area (Å²) < 4.78 is 0. The van der Waals surface area contributed by atoms with Gasteiger partial charge in [0, 0.05) is 5.41 Å². The van der Waals surface area contributed by atoms with Gasteiger partial charge in [0.1, 0.15) is 0 Å². The molecule has 0 heterocycles. The van der Waals surface area contributed by atoms with Crippen molar-refractivity contribution in [2.45, 2.75) is 45.4 Å². The lowest BCUT2D eigenvalue weighted by Gasteiger charge is -2.22. The summed E-state index contributed by atoms with van der Waals surface area (Å²) in [5.74, 6) is 0. The minimum absolute atomic E-state index is 0.00426. The molecule has 10 aromatic carbocycles. The van der Waals surface area contributed by atoms with Crippen molar-refractivity contribution in [3.63, 3.8) is 0 Å². The van der Waals surface area contributed by atoms with Gasteiger partial charge in [-0.2, -0.15) is 0 Å². The molecule has 0 unspecified atom stereocenters. The molecule has 0 fully saturated rings. The molecule has 1 aliphatic rings. The predicted molar refractivity (Wildman–Crippen MR) is 238 cm³/mol. The van der Waals surface area contributed by atoms with Crippen molar-refractivity contribution < 1.29 is 0 Å². The Labute approximate surface area is 323 Å². The zero-order valence-corrected chi connectivity index (χ0v) is 32.1. The third-order valence-corrected chi connectivity index (χ3v) is 12.7. The van der Waals surface area contributed by atoms with Crippen LogP contribution in [0.15, 0.2) is 164 Å². The second-order valence-corrected chi connectivity index (χ2v) is 17.4. The van der Waals surface area contributed by atoms with Crippen molar-refractivity contribution in [1.29, 1.82) is 0 Å². The van der Waals surface area contributed by atoms with Gasteiger partial charge in [0.2, 0.25) is 0 Å². The molecule has 0 spiro atoms. The third kappa shape index (κ3) is 4.91. The highest BCUT2D eigenvalue weighted by Gasteiger charge is 2.35. The quantitative estimate of drug-likeness (QED) is 0.161. The van der Waals surface area contributed by atoms with E-state index in [1.54, 1.807) is 0 Å². The van der Waals surface area contributed by atoms with Crippen LogP contribution in [-0.4, -0.2) is 0 Å². The monoisotopic (exact) mass is 702 g/mol. The van der Waals surface area contributed by atoms with Crippen LogP contribution in [0.5, 0.6) is 0 Å². The molecule has 0 saturated carbocycles. The minimum atomic E-state index is -0.00426. The van der Waals surface area contributed by atoms with Gasteiger partial charge in [-0.25, -0.2) is 0 Å². The fourth-order valence-corrected chi connectivity index (χ4v) is 9.59. The van der Waals surface area contributed by atoms with Gasteiger partial charge in [0.25, 0.3) is 0 Å².